The van der Waals surface area contributed by atoms with Crippen LogP contribution in [0.3, 0.4) is 0 Å². The fraction of sp³-hybridized carbons (Fsp3) is 0.462. The van der Waals surface area contributed by atoms with E-state index in [1.54, 1.807) is 0 Å². The Labute approximate surface area is 115 Å². The second kappa shape index (κ2) is 6.60. The van der Waals surface area contributed by atoms with E-state index in [9.17, 15) is 18.0 Å². The highest BCUT2D eigenvalue weighted by atomic mass is 19.4. The quantitative estimate of drug-likeness (QED) is 0.703. The van der Waals surface area contributed by atoms with Crippen LogP contribution < -0.4 is 16.4 Å². The van der Waals surface area contributed by atoms with Gasteiger partial charge in [-0.1, -0.05) is 13.8 Å². The summed E-state index contributed by atoms with van der Waals surface area (Å²) in [7, 11) is 0. The van der Waals surface area contributed by atoms with E-state index in [2.05, 4.69) is 10.6 Å². The number of alkyl halides is 3. The molecule has 0 aliphatic carbocycles. The molecule has 0 fully saturated rings. The minimum absolute atomic E-state index is 0.163. The number of anilines is 1. The first-order chi connectivity index (χ1) is 9.21. The van der Waals surface area contributed by atoms with Gasteiger partial charge in [0.2, 0.25) is 0 Å². The molecule has 0 unspecified atom stereocenters. The summed E-state index contributed by atoms with van der Waals surface area (Å²) in [5, 5.41) is 6.04. The Morgan fingerprint density at radius 1 is 1.30 bits per heavy atom. The summed E-state index contributed by atoms with van der Waals surface area (Å²) in [5.41, 5.74) is 4.37. The number of nitrogens with one attached hydrogen (secondary N) is 2. The van der Waals surface area contributed by atoms with E-state index >= 15 is 0 Å². The second-order valence-electron chi connectivity index (χ2n) is 4.66. The topological polar surface area (TPSA) is 67.2 Å². The molecule has 0 heterocycles. The van der Waals surface area contributed by atoms with Crippen molar-refractivity contribution in [3.63, 3.8) is 0 Å². The maximum Gasteiger partial charge on any atom is 0.416 e. The summed E-state index contributed by atoms with van der Waals surface area (Å²) in [6, 6.07) is 3.21. The SMILES string of the molecule is CC(C)NCCNc1ccc(C(F)(F)F)cc1C(N)=O. The molecule has 1 aromatic carbocycles. The molecular weight excluding hydrogens is 271 g/mol. The van der Waals surface area contributed by atoms with Gasteiger partial charge in [-0.2, -0.15) is 13.2 Å². The van der Waals surface area contributed by atoms with E-state index in [0.29, 0.717) is 24.8 Å². The van der Waals surface area contributed by atoms with E-state index in [-0.39, 0.29) is 5.56 Å². The average Bonchev–Trinajstić information content (AvgIpc) is 2.33. The van der Waals surface area contributed by atoms with E-state index in [1.165, 1.54) is 6.07 Å². The van der Waals surface area contributed by atoms with E-state index < -0.39 is 17.6 Å². The van der Waals surface area contributed by atoms with E-state index in [4.69, 9.17) is 5.73 Å². The van der Waals surface area contributed by atoms with Crippen molar-refractivity contribution in [2.45, 2.75) is 26.1 Å². The molecule has 1 rings (SSSR count). The Kier molecular flexibility index (Phi) is 5.38. The number of carbonyl (C=O) groups is 1. The third-order valence-electron chi connectivity index (χ3n) is 2.61. The lowest BCUT2D eigenvalue weighted by molar-refractivity contribution is -0.137. The fourth-order valence-electron chi connectivity index (χ4n) is 1.64. The van der Waals surface area contributed by atoms with Crippen molar-refractivity contribution >= 4 is 11.6 Å². The third-order valence-corrected chi connectivity index (χ3v) is 2.61. The number of primary amides is 1. The molecule has 0 spiro atoms. The van der Waals surface area contributed by atoms with Gasteiger partial charge in [0.05, 0.1) is 11.1 Å². The molecule has 112 valence electrons. The number of benzene rings is 1. The number of rotatable bonds is 6. The van der Waals surface area contributed by atoms with Crippen molar-refractivity contribution in [1.82, 2.24) is 5.32 Å². The minimum atomic E-state index is -4.50. The lowest BCUT2D eigenvalue weighted by Gasteiger charge is -2.14. The van der Waals surface area contributed by atoms with Gasteiger partial charge in [0.1, 0.15) is 0 Å². The first-order valence-corrected chi connectivity index (χ1v) is 6.20. The minimum Gasteiger partial charge on any atom is -0.383 e. The van der Waals surface area contributed by atoms with Gasteiger partial charge in [-0.15, -0.1) is 0 Å². The van der Waals surface area contributed by atoms with Gasteiger partial charge < -0.3 is 16.4 Å². The van der Waals surface area contributed by atoms with Crippen molar-refractivity contribution in [3.05, 3.63) is 29.3 Å². The monoisotopic (exact) mass is 289 g/mol. The highest BCUT2D eigenvalue weighted by Gasteiger charge is 2.31. The lowest BCUT2D eigenvalue weighted by Crippen LogP contribution is -2.28. The van der Waals surface area contributed by atoms with Gasteiger partial charge in [0.25, 0.3) is 5.91 Å². The first kappa shape index (κ1) is 16.3. The van der Waals surface area contributed by atoms with Crippen LogP contribution in [-0.2, 0) is 6.18 Å². The number of hydrogen-bond acceptors (Lipinski definition) is 3. The van der Waals surface area contributed by atoms with Gasteiger partial charge in [0, 0.05) is 24.8 Å². The van der Waals surface area contributed by atoms with Gasteiger partial charge in [-0.25, -0.2) is 0 Å². The summed E-state index contributed by atoms with van der Waals surface area (Å²) < 4.78 is 37.7. The van der Waals surface area contributed by atoms with Gasteiger partial charge in [0.15, 0.2) is 0 Å². The van der Waals surface area contributed by atoms with Gasteiger partial charge >= 0.3 is 6.18 Å². The molecule has 0 bridgehead atoms. The van der Waals surface area contributed by atoms with Crippen molar-refractivity contribution in [2.24, 2.45) is 5.73 Å². The smallest absolute Gasteiger partial charge is 0.383 e. The largest absolute Gasteiger partial charge is 0.416 e. The Morgan fingerprint density at radius 3 is 2.45 bits per heavy atom. The molecule has 0 aliphatic rings. The number of hydrogen-bond donors (Lipinski definition) is 3. The third kappa shape index (κ3) is 4.73. The van der Waals surface area contributed by atoms with Crippen molar-refractivity contribution < 1.29 is 18.0 Å². The molecule has 0 saturated carbocycles. The first-order valence-electron chi connectivity index (χ1n) is 6.20. The zero-order valence-corrected chi connectivity index (χ0v) is 11.3. The predicted octanol–water partition coefficient (Wildman–Crippen LogP) is 2.21. The summed E-state index contributed by atoms with van der Waals surface area (Å²) in [5.74, 6) is -0.893. The van der Waals surface area contributed by atoms with Crippen LogP contribution in [0.25, 0.3) is 0 Å². The van der Waals surface area contributed by atoms with Crippen LogP contribution >= 0.6 is 0 Å². The average molecular weight is 289 g/mol. The molecule has 7 heteroatoms. The Bertz CT molecular complexity index is 472. The van der Waals surface area contributed by atoms with E-state index in [0.717, 1.165) is 12.1 Å². The van der Waals surface area contributed by atoms with Crippen molar-refractivity contribution in [3.8, 4) is 0 Å². The second-order valence-corrected chi connectivity index (χ2v) is 4.66. The van der Waals surface area contributed by atoms with E-state index in [1.807, 2.05) is 13.8 Å². The van der Waals surface area contributed by atoms with Crippen LogP contribution in [0.5, 0.6) is 0 Å². The maximum absolute atomic E-state index is 12.6. The highest BCUT2D eigenvalue weighted by molar-refractivity contribution is 5.98. The molecule has 4 nitrogen and oxygen atoms in total. The van der Waals surface area contributed by atoms with Crippen LogP contribution in [0.1, 0.15) is 29.8 Å². The number of amides is 1. The molecule has 0 aromatic heterocycles. The number of carbonyl (C=O) groups excluding carboxylic acids is 1. The van der Waals surface area contributed by atoms with Crippen LogP contribution in [0.2, 0.25) is 0 Å². The number of nitrogens with two attached hydrogens (primary N) is 1. The molecule has 0 aliphatic heterocycles. The molecule has 0 atom stereocenters. The Hall–Kier alpha value is -1.76. The highest BCUT2D eigenvalue weighted by Crippen LogP contribution is 2.31. The van der Waals surface area contributed by atoms with Crippen LogP contribution in [0, 0.1) is 0 Å². The predicted molar refractivity (Wildman–Crippen MR) is 71.6 cm³/mol. The Morgan fingerprint density at radius 2 is 1.95 bits per heavy atom. The van der Waals surface area contributed by atoms with Crippen LogP contribution in [0.15, 0.2) is 18.2 Å². The zero-order chi connectivity index (χ0) is 15.3. The summed E-state index contributed by atoms with van der Waals surface area (Å²) in [6.07, 6.45) is -4.50. The molecule has 0 radical (unpaired) electrons. The fourth-order valence-corrected chi connectivity index (χ4v) is 1.64. The molecule has 20 heavy (non-hydrogen) atoms. The maximum atomic E-state index is 12.6. The summed E-state index contributed by atoms with van der Waals surface area (Å²) in [6.45, 7) is 5.06. The molecule has 4 N–H and O–H groups in total. The molecule has 0 saturated heterocycles. The van der Waals surface area contributed by atoms with Crippen LogP contribution in [0.4, 0.5) is 18.9 Å². The summed E-state index contributed by atoms with van der Waals surface area (Å²) in [4.78, 5) is 11.2. The normalized spacial score (nSPS) is 11.7. The number of halogens is 3. The standard InChI is InChI=1S/C13H18F3N3O/c1-8(2)18-5-6-19-11-4-3-9(13(14,15)16)7-10(11)12(17)20/h3-4,7-8,18-19H,5-6H2,1-2H3,(H2,17,20). The molecular formula is C13H18F3N3O. The van der Waals surface area contributed by atoms with Gasteiger partial charge in [-0.05, 0) is 18.2 Å². The molecule has 1 aromatic rings. The lowest BCUT2D eigenvalue weighted by atomic mass is 10.1. The van der Waals surface area contributed by atoms with Crippen LogP contribution in [-0.4, -0.2) is 25.0 Å². The van der Waals surface area contributed by atoms with Crippen molar-refractivity contribution in [1.29, 1.82) is 0 Å². The molecule has 1 amide bonds. The summed E-state index contributed by atoms with van der Waals surface area (Å²) >= 11 is 0. The van der Waals surface area contributed by atoms with Crippen molar-refractivity contribution in [2.75, 3.05) is 18.4 Å². The Balaban J connectivity index is 2.83. The zero-order valence-electron chi connectivity index (χ0n) is 11.3. The van der Waals surface area contributed by atoms with Gasteiger partial charge in [-0.3, -0.25) is 4.79 Å².